The molecule has 1 aromatic rings. The van der Waals surface area contributed by atoms with E-state index in [0.717, 1.165) is 19.0 Å². The van der Waals surface area contributed by atoms with Crippen LogP contribution in [0, 0.1) is 5.92 Å². The molecular weight excluding hydrogens is 236 g/mol. The standard InChI is InChI=1S/C15H24N4/c16-15-4-3-14(11-17-15)19-9-5-13(6-10-19)12-18-7-1-2-8-18/h3-4,11,13H,1-2,5-10,12H2,(H2,16,17). The lowest BCUT2D eigenvalue weighted by Crippen LogP contribution is -2.38. The molecule has 0 amide bonds. The summed E-state index contributed by atoms with van der Waals surface area (Å²) in [5, 5.41) is 0. The molecule has 4 heteroatoms. The fourth-order valence-corrected chi connectivity index (χ4v) is 3.29. The number of likely N-dealkylation sites (tertiary alicyclic amines) is 1. The first-order valence-corrected chi connectivity index (χ1v) is 7.50. The van der Waals surface area contributed by atoms with Gasteiger partial charge < -0.3 is 15.5 Å². The molecule has 0 bridgehead atoms. The number of nitrogens with two attached hydrogens (primary N) is 1. The van der Waals surface area contributed by atoms with Crippen molar-refractivity contribution < 1.29 is 0 Å². The monoisotopic (exact) mass is 260 g/mol. The smallest absolute Gasteiger partial charge is 0.123 e. The van der Waals surface area contributed by atoms with Crippen molar-refractivity contribution in [3.05, 3.63) is 18.3 Å². The highest BCUT2D eigenvalue weighted by Crippen LogP contribution is 2.24. The van der Waals surface area contributed by atoms with E-state index in [-0.39, 0.29) is 0 Å². The lowest BCUT2D eigenvalue weighted by molar-refractivity contribution is 0.249. The van der Waals surface area contributed by atoms with Crippen LogP contribution < -0.4 is 10.6 Å². The molecule has 2 fully saturated rings. The van der Waals surface area contributed by atoms with E-state index in [1.54, 1.807) is 0 Å². The van der Waals surface area contributed by atoms with Gasteiger partial charge in [0, 0.05) is 19.6 Å². The van der Waals surface area contributed by atoms with Gasteiger partial charge in [-0.2, -0.15) is 0 Å². The Morgan fingerprint density at radius 3 is 2.47 bits per heavy atom. The minimum absolute atomic E-state index is 0.604. The van der Waals surface area contributed by atoms with E-state index in [4.69, 9.17) is 5.73 Å². The zero-order chi connectivity index (χ0) is 13.1. The van der Waals surface area contributed by atoms with Crippen LogP contribution in [0.3, 0.4) is 0 Å². The zero-order valence-electron chi connectivity index (χ0n) is 11.6. The summed E-state index contributed by atoms with van der Waals surface area (Å²) in [5.41, 5.74) is 6.85. The SMILES string of the molecule is Nc1ccc(N2CCC(CN3CCCC3)CC2)cn1. The van der Waals surface area contributed by atoms with E-state index in [1.807, 2.05) is 12.3 Å². The van der Waals surface area contributed by atoms with Gasteiger partial charge in [-0.25, -0.2) is 4.98 Å². The minimum atomic E-state index is 0.604. The van der Waals surface area contributed by atoms with E-state index in [1.165, 1.54) is 51.0 Å². The predicted molar refractivity (Wildman–Crippen MR) is 79.3 cm³/mol. The molecule has 2 saturated heterocycles. The highest BCUT2D eigenvalue weighted by Gasteiger charge is 2.22. The molecule has 3 heterocycles. The molecule has 2 N–H and O–H groups in total. The molecule has 2 aliphatic heterocycles. The van der Waals surface area contributed by atoms with Crippen LogP contribution in [0.4, 0.5) is 11.5 Å². The van der Waals surface area contributed by atoms with Crippen molar-refractivity contribution >= 4 is 11.5 Å². The third-order valence-electron chi connectivity index (χ3n) is 4.47. The van der Waals surface area contributed by atoms with Crippen molar-refractivity contribution in [1.29, 1.82) is 0 Å². The first-order chi connectivity index (χ1) is 9.31. The summed E-state index contributed by atoms with van der Waals surface area (Å²) >= 11 is 0. The fraction of sp³-hybridized carbons (Fsp3) is 0.667. The Labute approximate surface area is 115 Å². The number of hydrogen-bond acceptors (Lipinski definition) is 4. The number of aromatic nitrogens is 1. The van der Waals surface area contributed by atoms with Crippen LogP contribution in [-0.2, 0) is 0 Å². The van der Waals surface area contributed by atoms with Crippen LogP contribution in [0.1, 0.15) is 25.7 Å². The molecular formula is C15H24N4. The summed E-state index contributed by atoms with van der Waals surface area (Å²) in [6, 6.07) is 3.98. The first kappa shape index (κ1) is 12.7. The molecule has 0 atom stereocenters. The molecule has 0 saturated carbocycles. The lowest BCUT2D eigenvalue weighted by Gasteiger charge is -2.35. The molecule has 0 unspecified atom stereocenters. The largest absolute Gasteiger partial charge is 0.384 e. The third kappa shape index (κ3) is 3.18. The Balaban J connectivity index is 1.50. The molecule has 104 valence electrons. The summed E-state index contributed by atoms with van der Waals surface area (Å²) in [5.74, 6) is 1.49. The first-order valence-electron chi connectivity index (χ1n) is 7.50. The second kappa shape index (κ2) is 5.78. The fourth-order valence-electron chi connectivity index (χ4n) is 3.29. The quantitative estimate of drug-likeness (QED) is 0.902. The second-order valence-corrected chi connectivity index (χ2v) is 5.88. The van der Waals surface area contributed by atoms with Crippen LogP contribution in [0.15, 0.2) is 18.3 Å². The topological polar surface area (TPSA) is 45.4 Å². The number of anilines is 2. The van der Waals surface area contributed by atoms with Gasteiger partial charge in [0.1, 0.15) is 5.82 Å². The molecule has 2 aliphatic rings. The lowest BCUT2D eigenvalue weighted by atomic mass is 9.96. The van der Waals surface area contributed by atoms with Crippen molar-refractivity contribution in [3.63, 3.8) is 0 Å². The molecule has 0 aliphatic carbocycles. The van der Waals surface area contributed by atoms with Gasteiger partial charge in [0.25, 0.3) is 0 Å². The Morgan fingerprint density at radius 2 is 1.84 bits per heavy atom. The highest BCUT2D eigenvalue weighted by atomic mass is 15.2. The van der Waals surface area contributed by atoms with Gasteiger partial charge in [-0.3, -0.25) is 0 Å². The summed E-state index contributed by atoms with van der Waals surface area (Å²) in [4.78, 5) is 9.27. The van der Waals surface area contributed by atoms with Gasteiger partial charge in [-0.15, -0.1) is 0 Å². The van der Waals surface area contributed by atoms with Crippen molar-refractivity contribution in [2.24, 2.45) is 5.92 Å². The van der Waals surface area contributed by atoms with Gasteiger partial charge in [0.2, 0.25) is 0 Å². The minimum Gasteiger partial charge on any atom is -0.384 e. The maximum absolute atomic E-state index is 5.63. The Bertz CT molecular complexity index is 389. The van der Waals surface area contributed by atoms with Gasteiger partial charge in [-0.05, 0) is 56.8 Å². The normalized spacial score (nSPS) is 22.0. The number of rotatable bonds is 3. The average Bonchev–Trinajstić information content (AvgIpc) is 2.94. The van der Waals surface area contributed by atoms with Gasteiger partial charge in [-0.1, -0.05) is 0 Å². The van der Waals surface area contributed by atoms with Crippen LogP contribution in [0.25, 0.3) is 0 Å². The molecule has 3 rings (SSSR count). The average molecular weight is 260 g/mol. The van der Waals surface area contributed by atoms with Crippen molar-refractivity contribution in [1.82, 2.24) is 9.88 Å². The van der Waals surface area contributed by atoms with Crippen LogP contribution in [0.2, 0.25) is 0 Å². The van der Waals surface area contributed by atoms with Crippen LogP contribution in [-0.4, -0.2) is 42.6 Å². The van der Waals surface area contributed by atoms with E-state index in [9.17, 15) is 0 Å². The van der Waals surface area contributed by atoms with Crippen molar-refractivity contribution in [3.8, 4) is 0 Å². The molecule has 0 aromatic carbocycles. The number of pyridine rings is 1. The number of hydrogen-bond donors (Lipinski definition) is 1. The maximum atomic E-state index is 5.63. The predicted octanol–water partition coefficient (Wildman–Crippen LogP) is 1.98. The Hall–Kier alpha value is -1.29. The third-order valence-corrected chi connectivity index (χ3v) is 4.47. The number of nitrogen functional groups attached to an aromatic ring is 1. The van der Waals surface area contributed by atoms with Gasteiger partial charge in [0.15, 0.2) is 0 Å². The van der Waals surface area contributed by atoms with E-state index >= 15 is 0 Å². The zero-order valence-corrected chi connectivity index (χ0v) is 11.6. The van der Waals surface area contributed by atoms with E-state index in [0.29, 0.717) is 5.82 Å². The summed E-state index contributed by atoms with van der Waals surface area (Å²) in [6.07, 6.45) is 7.31. The van der Waals surface area contributed by atoms with Crippen molar-refractivity contribution in [2.75, 3.05) is 43.4 Å². The number of piperidine rings is 1. The highest BCUT2D eigenvalue weighted by molar-refractivity contribution is 5.48. The van der Waals surface area contributed by atoms with Gasteiger partial charge >= 0.3 is 0 Å². The summed E-state index contributed by atoms with van der Waals surface area (Å²) in [7, 11) is 0. The van der Waals surface area contributed by atoms with E-state index < -0.39 is 0 Å². The Morgan fingerprint density at radius 1 is 1.11 bits per heavy atom. The molecule has 4 nitrogen and oxygen atoms in total. The summed E-state index contributed by atoms with van der Waals surface area (Å²) in [6.45, 7) is 6.27. The molecule has 0 radical (unpaired) electrons. The Kier molecular flexibility index (Phi) is 3.87. The van der Waals surface area contributed by atoms with Crippen LogP contribution >= 0.6 is 0 Å². The molecule has 1 aromatic heterocycles. The molecule has 0 spiro atoms. The van der Waals surface area contributed by atoms with Gasteiger partial charge in [0.05, 0.1) is 11.9 Å². The molecule has 19 heavy (non-hydrogen) atoms. The maximum Gasteiger partial charge on any atom is 0.123 e. The second-order valence-electron chi connectivity index (χ2n) is 5.88. The van der Waals surface area contributed by atoms with Crippen molar-refractivity contribution in [2.45, 2.75) is 25.7 Å². The number of nitrogens with zero attached hydrogens (tertiary/aromatic N) is 3. The van der Waals surface area contributed by atoms with E-state index in [2.05, 4.69) is 20.9 Å². The summed E-state index contributed by atoms with van der Waals surface area (Å²) < 4.78 is 0. The van der Waals surface area contributed by atoms with Crippen LogP contribution in [0.5, 0.6) is 0 Å².